The zero-order valence-electron chi connectivity index (χ0n) is 12.1. The number of Topliss-reactive ketones (excluding diaryl/α,β-unsaturated/α-hetero) is 1. The number of rotatable bonds is 2. The Bertz CT molecular complexity index is 422. The van der Waals surface area contributed by atoms with Crippen molar-refractivity contribution in [2.24, 2.45) is 11.3 Å². The molecule has 0 aliphatic carbocycles. The minimum Gasteiger partial charge on any atom is -0.480 e. The molecule has 3 aliphatic rings. The molecule has 3 rings (SSSR count). The maximum atomic E-state index is 12.4. The number of hydrogen-bond acceptors (Lipinski definition) is 5. The monoisotopic (exact) mass is 298 g/mol. The standard InChI is InChI=1S/C15H22O6/c16-12-2-5-20-10-15(12,13(17)18)11-1-6-21-14(9-11)3-7-19-8-4-14/h11H,1-10H2,(H,17,18). The minimum absolute atomic E-state index is 0.00157. The number of carboxylic acids is 1. The first-order valence-corrected chi connectivity index (χ1v) is 7.65. The molecule has 6 nitrogen and oxygen atoms in total. The predicted octanol–water partition coefficient (Wildman–Crippen LogP) is 1.02. The fraction of sp³-hybridized carbons (Fsp3) is 0.867. The SMILES string of the molecule is O=C(O)C1(C2CCOC3(CCOCC3)C2)COCCC1=O. The van der Waals surface area contributed by atoms with E-state index in [1.165, 1.54) is 0 Å². The third-order valence-electron chi connectivity index (χ3n) is 5.28. The summed E-state index contributed by atoms with van der Waals surface area (Å²) in [5.74, 6) is -1.44. The number of carbonyl (C=O) groups excluding carboxylic acids is 1. The van der Waals surface area contributed by atoms with Crippen LogP contribution in [0.25, 0.3) is 0 Å². The highest BCUT2D eigenvalue weighted by Gasteiger charge is 2.56. The Morgan fingerprint density at radius 2 is 1.90 bits per heavy atom. The smallest absolute Gasteiger partial charge is 0.319 e. The van der Waals surface area contributed by atoms with E-state index in [0.29, 0.717) is 39.3 Å². The van der Waals surface area contributed by atoms with Crippen LogP contribution in [0.15, 0.2) is 0 Å². The van der Waals surface area contributed by atoms with E-state index in [0.717, 1.165) is 12.8 Å². The van der Waals surface area contributed by atoms with E-state index in [1.54, 1.807) is 0 Å². The molecule has 21 heavy (non-hydrogen) atoms. The van der Waals surface area contributed by atoms with E-state index in [9.17, 15) is 14.7 Å². The second kappa shape index (κ2) is 5.66. The summed E-state index contributed by atoms with van der Waals surface area (Å²) in [6, 6.07) is 0. The lowest BCUT2D eigenvalue weighted by atomic mass is 9.64. The average Bonchev–Trinajstić information content (AvgIpc) is 2.48. The lowest BCUT2D eigenvalue weighted by Crippen LogP contribution is -2.57. The normalized spacial score (nSPS) is 36.6. The highest BCUT2D eigenvalue weighted by molar-refractivity contribution is 6.04. The summed E-state index contributed by atoms with van der Waals surface area (Å²) in [7, 11) is 0. The molecule has 0 aromatic heterocycles. The summed E-state index contributed by atoms with van der Waals surface area (Å²) in [6.07, 6.45) is 2.95. The Labute approximate surface area is 123 Å². The first-order chi connectivity index (χ1) is 10.1. The van der Waals surface area contributed by atoms with Gasteiger partial charge in [0.2, 0.25) is 0 Å². The molecule has 0 amide bonds. The van der Waals surface area contributed by atoms with Crippen molar-refractivity contribution in [3.63, 3.8) is 0 Å². The molecule has 2 unspecified atom stereocenters. The number of aliphatic carboxylic acids is 1. The molecule has 0 bridgehead atoms. The average molecular weight is 298 g/mol. The third kappa shape index (κ3) is 2.49. The van der Waals surface area contributed by atoms with Gasteiger partial charge in [-0.25, -0.2) is 0 Å². The molecule has 3 fully saturated rings. The third-order valence-corrected chi connectivity index (χ3v) is 5.28. The maximum Gasteiger partial charge on any atom is 0.319 e. The minimum atomic E-state index is -1.38. The van der Waals surface area contributed by atoms with E-state index in [1.807, 2.05) is 0 Å². The van der Waals surface area contributed by atoms with Crippen LogP contribution in [0.5, 0.6) is 0 Å². The summed E-state index contributed by atoms with van der Waals surface area (Å²) >= 11 is 0. The lowest BCUT2D eigenvalue weighted by molar-refractivity contribution is -0.190. The molecule has 1 spiro atoms. The highest BCUT2D eigenvalue weighted by atomic mass is 16.5. The van der Waals surface area contributed by atoms with Crippen LogP contribution in [0, 0.1) is 11.3 Å². The number of hydrogen-bond donors (Lipinski definition) is 1. The Balaban J connectivity index is 1.85. The molecule has 0 aromatic rings. The zero-order chi connectivity index (χ0) is 14.9. The Hall–Kier alpha value is -0.980. The number of carbonyl (C=O) groups is 2. The van der Waals surface area contributed by atoms with Gasteiger partial charge in [0.1, 0.15) is 0 Å². The number of carboxylic acid groups (broad SMARTS) is 1. The van der Waals surface area contributed by atoms with Crippen LogP contribution in [0.3, 0.4) is 0 Å². The molecule has 2 atom stereocenters. The van der Waals surface area contributed by atoms with Crippen molar-refractivity contribution < 1.29 is 28.9 Å². The second-order valence-corrected chi connectivity index (χ2v) is 6.34. The summed E-state index contributed by atoms with van der Waals surface area (Å²) < 4.78 is 16.7. The fourth-order valence-electron chi connectivity index (χ4n) is 3.94. The van der Waals surface area contributed by atoms with Crippen LogP contribution < -0.4 is 0 Å². The number of ether oxygens (including phenoxy) is 3. The van der Waals surface area contributed by atoms with Gasteiger partial charge in [0, 0.05) is 26.2 Å². The molecular weight excluding hydrogens is 276 g/mol. The van der Waals surface area contributed by atoms with Crippen molar-refractivity contribution in [3.05, 3.63) is 0 Å². The van der Waals surface area contributed by atoms with Gasteiger partial charge in [-0.3, -0.25) is 9.59 Å². The van der Waals surface area contributed by atoms with Crippen LogP contribution >= 0.6 is 0 Å². The van der Waals surface area contributed by atoms with Gasteiger partial charge < -0.3 is 19.3 Å². The van der Waals surface area contributed by atoms with E-state index in [4.69, 9.17) is 14.2 Å². The fourth-order valence-corrected chi connectivity index (χ4v) is 3.94. The van der Waals surface area contributed by atoms with Crippen molar-refractivity contribution in [1.82, 2.24) is 0 Å². The molecule has 3 aliphatic heterocycles. The second-order valence-electron chi connectivity index (χ2n) is 6.34. The highest BCUT2D eigenvalue weighted by Crippen LogP contribution is 2.46. The van der Waals surface area contributed by atoms with Crippen molar-refractivity contribution in [3.8, 4) is 0 Å². The van der Waals surface area contributed by atoms with Crippen LogP contribution in [-0.2, 0) is 23.8 Å². The molecule has 3 saturated heterocycles. The Morgan fingerprint density at radius 1 is 1.14 bits per heavy atom. The van der Waals surface area contributed by atoms with Gasteiger partial charge in [0.05, 0.1) is 18.8 Å². The van der Waals surface area contributed by atoms with Crippen LogP contribution in [0.4, 0.5) is 0 Å². The first kappa shape index (κ1) is 14.9. The van der Waals surface area contributed by atoms with Gasteiger partial charge in [-0.05, 0) is 31.6 Å². The molecule has 3 heterocycles. The van der Waals surface area contributed by atoms with Crippen molar-refractivity contribution in [2.45, 2.75) is 37.7 Å². The molecular formula is C15H22O6. The van der Waals surface area contributed by atoms with Crippen molar-refractivity contribution >= 4 is 11.8 Å². The van der Waals surface area contributed by atoms with Gasteiger partial charge in [0.25, 0.3) is 0 Å². The number of ketones is 1. The topological polar surface area (TPSA) is 82.1 Å². The quantitative estimate of drug-likeness (QED) is 0.767. The predicted molar refractivity (Wildman–Crippen MR) is 72.0 cm³/mol. The zero-order valence-corrected chi connectivity index (χ0v) is 12.1. The molecule has 0 aromatic carbocycles. The van der Waals surface area contributed by atoms with Crippen LogP contribution in [0.2, 0.25) is 0 Å². The van der Waals surface area contributed by atoms with Crippen LogP contribution in [-0.4, -0.2) is 55.5 Å². The summed E-state index contributed by atoms with van der Waals surface area (Å²) in [5, 5.41) is 9.73. The maximum absolute atomic E-state index is 12.4. The first-order valence-electron chi connectivity index (χ1n) is 7.65. The van der Waals surface area contributed by atoms with E-state index >= 15 is 0 Å². The van der Waals surface area contributed by atoms with Gasteiger partial charge >= 0.3 is 5.97 Å². The van der Waals surface area contributed by atoms with Gasteiger partial charge in [0.15, 0.2) is 11.2 Å². The summed E-state index contributed by atoms with van der Waals surface area (Å²) in [5.41, 5.74) is -1.70. The molecule has 0 radical (unpaired) electrons. The Morgan fingerprint density at radius 3 is 2.57 bits per heavy atom. The van der Waals surface area contributed by atoms with E-state index < -0.39 is 11.4 Å². The largest absolute Gasteiger partial charge is 0.480 e. The molecule has 6 heteroatoms. The molecule has 118 valence electrons. The van der Waals surface area contributed by atoms with E-state index in [-0.39, 0.29) is 30.3 Å². The van der Waals surface area contributed by atoms with Gasteiger partial charge in [-0.2, -0.15) is 0 Å². The van der Waals surface area contributed by atoms with Crippen molar-refractivity contribution in [1.29, 1.82) is 0 Å². The summed E-state index contributed by atoms with van der Waals surface area (Å²) in [6.45, 7) is 2.11. The van der Waals surface area contributed by atoms with Crippen molar-refractivity contribution in [2.75, 3.05) is 33.0 Å². The van der Waals surface area contributed by atoms with Gasteiger partial charge in [-0.1, -0.05) is 0 Å². The molecule has 1 N–H and O–H groups in total. The van der Waals surface area contributed by atoms with E-state index in [2.05, 4.69) is 0 Å². The molecule has 0 saturated carbocycles. The Kier molecular flexibility index (Phi) is 4.03. The van der Waals surface area contributed by atoms with Crippen LogP contribution in [0.1, 0.15) is 32.1 Å². The summed E-state index contributed by atoms with van der Waals surface area (Å²) in [4.78, 5) is 24.3. The lowest BCUT2D eigenvalue weighted by Gasteiger charge is -2.48. The van der Waals surface area contributed by atoms with Gasteiger partial charge in [-0.15, -0.1) is 0 Å².